The Morgan fingerprint density at radius 1 is 1.03 bits per heavy atom. The van der Waals surface area contributed by atoms with Gasteiger partial charge in [0.05, 0.1) is 18.2 Å². The van der Waals surface area contributed by atoms with E-state index in [4.69, 9.17) is 4.74 Å². The third-order valence-corrected chi connectivity index (χ3v) is 5.65. The number of aliphatic hydroxyl groups is 1. The lowest BCUT2D eigenvalue weighted by Gasteiger charge is -2.26. The summed E-state index contributed by atoms with van der Waals surface area (Å²) in [5.41, 5.74) is 1.14. The summed E-state index contributed by atoms with van der Waals surface area (Å²) < 4.78 is 5.67. The normalized spacial score (nSPS) is 17.7. The van der Waals surface area contributed by atoms with E-state index in [1.54, 1.807) is 36.4 Å². The van der Waals surface area contributed by atoms with E-state index >= 15 is 0 Å². The molecule has 176 valence electrons. The lowest BCUT2D eigenvalue weighted by molar-refractivity contribution is -0.139. The molecule has 1 amide bonds. The monoisotopic (exact) mass is 452 g/mol. The minimum atomic E-state index is -0.728. The summed E-state index contributed by atoms with van der Waals surface area (Å²) in [5, 5.41) is 20.8. The highest BCUT2D eigenvalue weighted by Gasteiger charge is 2.45. The first-order valence-electron chi connectivity index (χ1n) is 11.3. The first-order valence-corrected chi connectivity index (χ1v) is 11.3. The van der Waals surface area contributed by atoms with E-state index in [0.717, 1.165) is 19.4 Å². The molecule has 1 atom stereocenters. The molecule has 0 unspecified atom stereocenters. The van der Waals surface area contributed by atoms with Gasteiger partial charge in [0.1, 0.15) is 17.3 Å². The predicted octanol–water partition coefficient (Wildman–Crippen LogP) is 3.94. The number of Topliss-reactive ketones (excluding diaryl/α,β-unsaturated/α-hetero) is 1. The second-order valence-corrected chi connectivity index (χ2v) is 8.47. The summed E-state index contributed by atoms with van der Waals surface area (Å²) >= 11 is 0. The molecule has 7 nitrogen and oxygen atoms in total. The number of phenolic OH excluding ortho intramolecular Hbond substituents is 1. The van der Waals surface area contributed by atoms with Crippen LogP contribution in [0.1, 0.15) is 43.4 Å². The molecule has 0 aromatic heterocycles. The Kier molecular flexibility index (Phi) is 8.11. The van der Waals surface area contributed by atoms with E-state index in [9.17, 15) is 19.8 Å². The van der Waals surface area contributed by atoms with Crippen LogP contribution in [-0.4, -0.2) is 65.5 Å². The molecule has 0 bridgehead atoms. The average Bonchev–Trinajstić information content (AvgIpc) is 3.04. The van der Waals surface area contributed by atoms with Crippen LogP contribution in [0.3, 0.4) is 0 Å². The van der Waals surface area contributed by atoms with Gasteiger partial charge in [0, 0.05) is 12.1 Å². The van der Waals surface area contributed by atoms with Gasteiger partial charge in [0.2, 0.25) is 0 Å². The van der Waals surface area contributed by atoms with Crippen molar-refractivity contribution in [3.8, 4) is 11.5 Å². The molecule has 2 aromatic carbocycles. The number of aliphatic hydroxyl groups excluding tert-OH is 1. The second kappa shape index (κ2) is 11.0. The standard InChI is InChI=1S/C26H32N2O5/c1-4-5-17-33-21-13-9-19(10-14-21)24(30)22-23(18-7-11-20(29)12-8-18)28(26(32)25(22)31)16-6-15-27(2)3/h7-14,23,29-30H,4-6,15-17H2,1-3H3/t23-/m1/s1. The second-order valence-electron chi connectivity index (χ2n) is 8.47. The van der Waals surface area contributed by atoms with Crippen molar-refractivity contribution >= 4 is 17.4 Å². The fourth-order valence-electron chi connectivity index (χ4n) is 3.87. The number of likely N-dealkylation sites (tertiary alicyclic amines) is 1. The number of ketones is 1. The van der Waals surface area contributed by atoms with Crippen molar-refractivity contribution in [3.63, 3.8) is 0 Å². The van der Waals surface area contributed by atoms with Crippen molar-refractivity contribution in [1.29, 1.82) is 0 Å². The van der Waals surface area contributed by atoms with Crippen LogP contribution in [0.15, 0.2) is 54.1 Å². The fourth-order valence-corrected chi connectivity index (χ4v) is 3.87. The SMILES string of the molecule is CCCCOc1ccc(C(O)=C2C(=O)C(=O)N(CCCN(C)C)[C@@H]2c2ccc(O)cc2)cc1. The number of hydrogen-bond donors (Lipinski definition) is 2. The number of aromatic hydroxyl groups is 1. The number of carbonyl (C=O) groups excluding carboxylic acids is 2. The average molecular weight is 453 g/mol. The number of hydrogen-bond acceptors (Lipinski definition) is 6. The van der Waals surface area contributed by atoms with Crippen molar-refractivity contribution in [2.24, 2.45) is 0 Å². The molecule has 2 aromatic rings. The summed E-state index contributed by atoms with van der Waals surface area (Å²) in [5.74, 6) is -0.797. The molecule has 0 spiro atoms. The van der Waals surface area contributed by atoms with Crippen molar-refractivity contribution < 1.29 is 24.5 Å². The van der Waals surface area contributed by atoms with E-state index < -0.39 is 17.7 Å². The number of benzene rings is 2. The topological polar surface area (TPSA) is 90.3 Å². The molecule has 1 saturated heterocycles. The molecule has 1 heterocycles. The van der Waals surface area contributed by atoms with E-state index in [1.165, 1.54) is 17.0 Å². The first-order chi connectivity index (χ1) is 15.8. The Balaban J connectivity index is 1.97. The van der Waals surface area contributed by atoms with Crippen molar-refractivity contribution in [3.05, 3.63) is 65.2 Å². The largest absolute Gasteiger partial charge is 0.508 e. The van der Waals surface area contributed by atoms with Crippen LogP contribution in [0.25, 0.3) is 5.76 Å². The van der Waals surface area contributed by atoms with Gasteiger partial charge in [0.15, 0.2) is 0 Å². The van der Waals surface area contributed by atoms with Gasteiger partial charge in [-0.1, -0.05) is 25.5 Å². The Morgan fingerprint density at radius 3 is 2.30 bits per heavy atom. The smallest absolute Gasteiger partial charge is 0.295 e. The molecule has 1 aliphatic rings. The molecule has 0 saturated carbocycles. The van der Waals surface area contributed by atoms with Crippen LogP contribution in [-0.2, 0) is 9.59 Å². The molecular weight excluding hydrogens is 420 g/mol. The highest BCUT2D eigenvalue weighted by Crippen LogP contribution is 2.40. The summed E-state index contributed by atoms with van der Waals surface area (Å²) in [7, 11) is 3.89. The van der Waals surface area contributed by atoms with E-state index in [2.05, 4.69) is 6.92 Å². The van der Waals surface area contributed by atoms with E-state index in [-0.39, 0.29) is 17.1 Å². The van der Waals surface area contributed by atoms with Gasteiger partial charge in [0.25, 0.3) is 11.7 Å². The van der Waals surface area contributed by atoms with Crippen LogP contribution in [0.5, 0.6) is 11.5 Å². The van der Waals surface area contributed by atoms with Crippen molar-refractivity contribution in [2.45, 2.75) is 32.2 Å². The number of amides is 1. The number of unbranched alkanes of at least 4 members (excludes halogenated alkanes) is 1. The van der Waals surface area contributed by atoms with Gasteiger partial charge in [-0.25, -0.2) is 0 Å². The molecule has 33 heavy (non-hydrogen) atoms. The number of ether oxygens (including phenoxy) is 1. The number of carbonyl (C=O) groups is 2. The van der Waals surface area contributed by atoms with Crippen LogP contribution in [0, 0.1) is 0 Å². The lowest BCUT2D eigenvalue weighted by Crippen LogP contribution is -2.32. The molecule has 3 rings (SSSR count). The first kappa shape index (κ1) is 24.3. The van der Waals surface area contributed by atoms with Crippen LogP contribution in [0.4, 0.5) is 0 Å². The fraction of sp³-hybridized carbons (Fsp3) is 0.385. The van der Waals surface area contributed by atoms with Crippen molar-refractivity contribution in [1.82, 2.24) is 9.80 Å². The highest BCUT2D eigenvalue weighted by atomic mass is 16.5. The Hall–Kier alpha value is -3.32. The van der Waals surface area contributed by atoms with Crippen LogP contribution < -0.4 is 4.74 Å². The zero-order valence-corrected chi connectivity index (χ0v) is 19.5. The summed E-state index contributed by atoms with van der Waals surface area (Å²) in [4.78, 5) is 29.5. The van der Waals surface area contributed by atoms with Crippen molar-refractivity contribution in [2.75, 3.05) is 33.8 Å². The number of nitrogens with zero attached hydrogens (tertiary/aromatic N) is 2. The molecule has 0 aliphatic carbocycles. The Morgan fingerprint density at radius 2 is 1.70 bits per heavy atom. The maximum Gasteiger partial charge on any atom is 0.295 e. The zero-order chi connectivity index (χ0) is 24.0. The quantitative estimate of drug-likeness (QED) is 0.246. The third-order valence-electron chi connectivity index (χ3n) is 5.65. The Labute approximate surface area is 194 Å². The molecule has 0 radical (unpaired) electrons. The molecule has 1 aliphatic heterocycles. The van der Waals surface area contributed by atoms with E-state index in [0.29, 0.717) is 36.4 Å². The lowest BCUT2D eigenvalue weighted by atomic mass is 9.95. The molecule has 2 N–H and O–H groups in total. The Bertz CT molecular complexity index is 996. The molecule has 1 fully saturated rings. The van der Waals surface area contributed by atoms with Gasteiger partial charge in [-0.3, -0.25) is 9.59 Å². The summed E-state index contributed by atoms with van der Waals surface area (Å²) in [6.07, 6.45) is 2.66. The minimum absolute atomic E-state index is 0.0511. The minimum Gasteiger partial charge on any atom is -0.508 e. The molecular formula is C26H32N2O5. The zero-order valence-electron chi connectivity index (χ0n) is 19.5. The predicted molar refractivity (Wildman–Crippen MR) is 127 cm³/mol. The van der Waals surface area contributed by atoms with Gasteiger partial charge < -0.3 is 24.7 Å². The van der Waals surface area contributed by atoms with Gasteiger partial charge >= 0.3 is 0 Å². The van der Waals surface area contributed by atoms with Gasteiger partial charge in [-0.2, -0.15) is 0 Å². The number of phenols is 1. The van der Waals surface area contributed by atoms with Crippen LogP contribution in [0.2, 0.25) is 0 Å². The summed E-state index contributed by atoms with van der Waals surface area (Å²) in [6, 6.07) is 12.5. The van der Waals surface area contributed by atoms with Gasteiger partial charge in [-0.15, -0.1) is 0 Å². The van der Waals surface area contributed by atoms with Crippen LogP contribution >= 0.6 is 0 Å². The van der Waals surface area contributed by atoms with Gasteiger partial charge in [-0.05, 0) is 75.4 Å². The maximum absolute atomic E-state index is 13.0. The summed E-state index contributed by atoms with van der Waals surface area (Å²) in [6.45, 7) is 3.83. The highest BCUT2D eigenvalue weighted by molar-refractivity contribution is 6.46. The van der Waals surface area contributed by atoms with E-state index in [1.807, 2.05) is 19.0 Å². The number of rotatable bonds is 10. The molecule has 7 heteroatoms. The maximum atomic E-state index is 13.0. The third kappa shape index (κ3) is 5.73.